The molecule has 0 radical (unpaired) electrons. The molecule has 96 valence electrons. The summed E-state index contributed by atoms with van der Waals surface area (Å²) >= 11 is 3.38. The van der Waals surface area contributed by atoms with E-state index in [0.29, 0.717) is 6.54 Å². The summed E-state index contributed by atoms with van der Waals surface area (Å²) in [7, 11) is 0. The number of amides is 1. The number of carboxylic acids is 1. The van der Waals surface area contributed by atoms with E-state index in [4.69, 9.17) is 5.11 Å². The number of carbonyl (C=O) groups is 2. The van der Waals surface area contributed by atoms with Gasteiger partial charge in [0.2, 0.25) is 5.91 Å². The fourth-order valence-corrected chi connectivity index (χ4v) is 1.71. The van der Waals surface area contributed by atoms with E-state index >= 15 is 0 Å². The summed E-state index contributed by atoms with van der Waals surface area (Å²) in [5.74, 6) is -1.45. The van der Waals surface area contributed by atoms with Gasteiger partial charge in [0.15, 0.2) is 0 Å². The average molecular weight is 312 g/mol. The van der Waals surface area contributed by atoms with Crippen LogP contribution in [0.2, 0.25) is 0 Å². The van der Waals surface area contributed by atoms with Gasteiger partial charge in [-0.1, -0.05) is 34.1 Å². The van der Waals surface area contributed by atoms with E-state index < -0.39 is 5.97 Å². The van der Waals surface area contributed by atoms with Gasteiger partial charge in [-0.2, -0.15) is 0 Å². The highest BCUT2D eigenvalue weighted by Crippen LogP contribution is 2.15. The second-order valence-electron chi connectivity index (χ2n) is 3.83. The van der Waals surface area contributed by atoms with Gasteiger partial charge in [0.05, 0.1) is 0 Å². The summed E-state index contributed by atoms with van der Waals surface area (Å²) < 4.78 is 0.905. The molecule has 0 aliphatic heterocycles. The Kier molecular flexibility index (Phi) is 5.09. The van der Waals surface area contributed by atoms with Crippen LogP contribution in [0.4, 0.5) is 0 Å². The predicted molar refractivity (Wildman–Crippen MR) is 72.0 cm³/mol. The van der Waals surface area contributed by atoms with Crippen molar-refractivity contribution in [3.63, 3.8) is 0 Å². The van der Waals surface area contributed by atoms with Crippen molar-refractivity contribution in [3.05, 3.63) is 45.4 Å². The summed E-state index contributed by atoms with van der Waals surface area (Å²) in [6.07, 6.45) is 0. The molecule has 1 rings (SSSR count). The largest absolute Gasteiger partial charge is 0.478 e. The topological polar surface area (TPSA) is 66.4 Å². The molecule has 0 bridgehead atoms. The van der Waals surface area contributed by atoms with Crippen LogP contribution >= 0.6 is 15.9 Å². The molecule has 0 fully saturated rings. The molecule has 4 nitrogen and oxygen atoms in total. The van der Waals surface area contributed by atoms with E-state index in [-0.39, 0.29) is 17.1 Å². The Labute approximate surface area is 114 Å². The van der Waals surface area contributed by atoms with Gasteiger partial charge in [0, 0.05) is 22.2 Å². The summed E-state index contributed by atoms with van der Waals surface area (Å²) in [4.78, 5) is 22.5. The highest BCUT2D eigenvalue weighted by atomic mass is 79.9. The van der Waals surface area contributed by atoms with Crippen molar-refractivity contribution in [3.8, 4) is 0 Å². The average Bonchev–Trinajstić information content (AvgIpc) is 2.35. The standard InChI is InChI=1S/C13H14BrNO3/c1-8(9(2)13(17)18)12(16)15-7-10-5-3-4-6-11(10)14/h3-6H,7H2,1-2H3,(H,15,16)(H,17,18). The predicted octanol–water partition coefficient (Wildman–Crippen LogP) is 2.49. The van der Waals surface area contributed by atoms with E-state index in [1.54, 1.807) is 0 Å². The van der Waals surface area contributed by atoms with Crippen LogP contribution in [0.15, 0.2) is 39.9 Å². The Morgan fingerprint density at radius 1 is 1.22 bits per heavy atom. The molecule has 2 N–H and O–H groups in total. The van der Waals surface area contributed by atoms with E-state index in [0.717, 1.165) is 10.0 Å². The summed E-state index contributed by atoms with van der Waals surface area (Å²) in [5.41, 5.74) is 1.21. The maximum atomic E-state index is 11.7. The van der Waals surface area contributed by atoms with Crippen molar-refractivity contribution in [1.82, 2.24) is 5.32 Å². The fraction of sp³-hybridized carbons (Fsp3) is 0.231. The van der Waals surface area contributed by atoms with Crippen LogP contribution in [0.1, 0.15) is 19.4 Å². The van der Waals surface area contributed by atoms with Crippen LogP contribution < -0.4 is 5.32 Å². The minimum atomic E-state index is -1.08. The number of carbonyl (C=O) groups excluding carboxylic acids is 1. The molecule has 0 aliphatic carbocycles. The Balaban J connectivity index is 2.71. The third-order valence-corrected chi connectivity index (χ3v) is 3.39. The minimum Gasteiger partial charge on any atom is -0.478 e. The van der Waals surface area contributed by atoms with Crippen molar-refractivity contribution < 1.29 is 14.7 Å². The maximum absolute atomic E-state index is 11.7. The molecule has 18 heavy (non-hydrogen) atoms. The summed E-state index contributed by atoms with van der Waals surface area (Å²) in [6.45, 7) is 3.26. The quantitative estimate of drug-likeness (QED) is 0.840. The first kappa shape index (κ1) is 14.4. The molecule has 1 aromatic rings. The number of benzene rings is 1. The van der Waals surface area contributed by atoms with Crippen LogP contribution in [0.5, 0.6) is 0 Å². The normalized spacial score (nSPS) is 11.7. The molecule has 0 saturated carbocycles. The Bertz CT molecular complexity index is 509. The monoisotopic (exact) mass is 311 g/mol. The lowest BCUT2D eigenvalue weighted by Crippen LogP contribution is -2.25. The summed E-state index contributed by atoms with van der Waals surface area (Å²) in [6, 6.07) is 7.52. The van der Waals surface area contributed by atoms with Gasteiger partial charge in [-0.25, -0.2) is 4.79 Å². The first-order chi connectivity index (χ1) is 8.43. The molecular formula is C13H14BrNO3. The minimum absolute atomic E-state index is 0.0552. The zero-order chi connectivity index (χ0) is 13.7. The highest BCUT2D eigenvalue weighted by Gasteiger charge is 2.12. The number of nitrogens with one attached hydrogen (secondary N) is 1. The Morgan fingerprint density at radius 3 is 2.39 bits per heavy atom. The van der Waals surface area contributed by atoms with E-state index in [1.807, 2.05) is 24.3 Å². The SMILES string of the molecule is CC(C(=O)O)=C(C)C(=O)NCc1ccccc1Br. The Hall–Kier alpha value is -1.62. The molecule has 0 atom stereocenters. The summed E-state index contributed by atoms with van der Waals surface area (Å²) in [5, 5.41) is 11.5. The van der Waals surface area contributed by atoms with Crippen molar-refractivity contribution in [2.24, 2.45) is 0 Å². The van der Waals surface area contributed by atoms with Crippen LogP contribution in [0, 0.1) is 0 Å². The van der Waals surface area contributed by atoms with Gasteiger partial charge in [-0.3, -0.25) is 4.79 Å². The van der Waals surface area contributed by atoms with Gasteiger partial charge >= 0.3 is 5.97 Å². The number of carboxylic acid groups (broad SMARTS) is 1. The maximum Gasteiger partial charge on any atom is 0.331 e. The number of rotatable bonds is 4. The van der Waals surface area contributed by atoms with Crippen LogP contribution in [-0.4, -0.2) is 17.0 Å². The van der Waals surface area contributed by atoms with E-state index in [2.05, 4.69) is 21.2 Å². The molecule has 1 aromatic carbocycles. The molecule has 0 aliphatic rings. The van der Waals surface area contributed by atoms with Gasteiger partial charge < -0.3 is 10.4 Å². The Morgan fingerprint density at radius 2 is 1.83 bits per heavy atom. The highest BCUT2D eigenvalue weighted by molar-refractivity contribution is 9.10. The van der Waals surface area contributed by atoms with Crippen LogP contribution in [-0.2, 0) is 16.1 Å². The molecule has 0 aromatic heterocycles. The van der Waals surface area contributed by atoms with Crippen molar-refractivity contribution >= 4 is 27.8 Å². The molecule has 1 amide bonds. The third kappa shape index (κ3) is 3.70. The molecule has 0 unspecified atom stereocenters. The second-order valence-corrected chi connectivity index (χ2v) is 4.68. The van der Waals surface area contributed by atoms with E-state index in [9.17, 15) is 9.59 Å². The molecule has 0 heterocycles. The lowest BCUT2D eigenvalue weighted by molar-refractivity contribution is -0.133. The van der Waals surface area contributed by atoms with Crippen molar-refractivity contribution in [2.75, 3.05) is 0 Å². The number of aliphatic carboxylic acids is 1. The second kappa shape index (κ2) is 6.35. The first-order valence-corrected chi connectivity index (χ1v) is 6.15. The smallest absolute Gasteiger partial charge is 0.331 e. The molecule has 5 heteroatoms. The zero-order valence-electron chi connectivity index (χ0n) is 10.2. The molecule has 0 spiro atoms. The van der Waals surface area contributed by atoms with Gasteiger partial charge in [-0.05, 0) is 25.5 Å². The lowest BCUT2D eigenvalue weighted by atomic mass is 10.1. The third-order valence-electron chi connectivity index (χ3n) is 2.62. The van der Waals surface area contributed by atoms with Crippen molar-refractivity contribution in [2.45, 2.75) is 20.4 Å². The van der Waals surface area contributed by atoms with Crippen molar-refractivity contribution in [1.29, 1.82) is 0 Å². The van der Waals surface area contributed by atoms with Crippen LogP contribution in [0.25, 0.3) is 0 Å². The number of hydrogen-bond acceptors (Lipinski definition) is 2. The number of hydrogen-bond donors (Lipinski definition) is 2. The van der Waals surface area contributed by atoms with E-state index in [1.165, 1.54) is 13.8 Å². The fourth-order valence-electron chi connectivity index (χ4n) is 1.28. The van der Waals surface area contributed by atoms with Crippen LogP contribution in [0.3, 0.4) is 0 Å². The molecule has 0 saturated heterocycles. The molecular weight excluding hydrogens is 298 g/mol. The zero-order valence-corrected chi connectivity index (χ0v) is 11.7. The first-order valence-electron chi connectivity index (χ1n) is 5.36. The lowest BCUT2D eigenvalue weighted by Gasteiger charge is -2.08. The number of halogens is 1. The van der Waals surface area contributed by atoms with Gasteiger partial charge in [0.1, 0.15) is 0 Å². The van der Waals surface area contributed by atoms with Gasteiger partial charge in [0.25, 0.3) is 0 Å². The van der Waals surface area contributed by atoms with Gasteiger partial charge in [-0.15, -0.1) is 0 Å².